The Balaban J connectivity index is 1.75. The zero-order chi connectivity index (χ0) is 16.6. The van der Waals surface area contributed by atoms with Gasteiger partial charge in [0.25, 0.3) is 5.91 Å². The van der Waals surface area contributed by atoms with Crippen molar-refractivity contribution in [2.75, 3.05) is 19.6 Å². The molecule has 6 heteroatoms. The van der Waals surface area contributed by atoms with E-state index in [2.05, 4.69) is 0 Å². The fourth-order valence-electron chi connectivity index (χ4n) is 3.47. The predicted octanol–water partition coefficient (Wildman–Crippen LogP) is 1.08. The molecular weight excluding hydrogens is 299 g/mol. The maximum absolute atomic E-state index is 13.3. The number of β-amino-alcohol motifs (C(OH)–C–C–N with tert-alkyl or cyclic N) is 1. The van der Waals surface area contributed by atoms with Crippen LogP contribution in [0.15, 0.2) is 18.2 Å². The van der Waals surface area contributed by atoms with Crippen molar-refractivity contribution >= 4 is 11.8 Å². The second-order valence-electron chi connectivity index (χ2n) is 6.47. The number of nitrogens with zero attached hydrogens (tertiary/aromatic N) is 2. The molecular formula is C17H21FN2O3. The van der Waals surface area contributed by atoms with Gasteiger partial charge in [-0.25, -0.2) is 4.39 Å². The van der Waals surface area contributed by atoms with Crippen LogP contribution < -0.4 is 0 Å². The average Bonchev–Trinajstić information content (AvgIpc) is 2.53. The largest absolute Gasteiger partial charge is 0.378 e. The molecule has 2 heterocycles. The van der Waals surface area contributed by atoms with E-state index in [1.165, 1.54) is 24.0 Å². The minimum atomic E-state index is -1.51. The first kappa shape index (κ1) is 15.9. The molecule has 0 spiro atoms. The van der Waals surface area contributed by atoms with Crippen LogP contribution in [-0.4, -0.2) is 52.0 Å². The lowest BCUT2D eigenvalue weighted by atomic mass is 9.89. The Bertz CT molecular complexity index is 649. The number of hydrogen-bond acceptors (Lipinski definition) is 3. The lowest BCUT2D eigenvalue weighted by Crippen LogP contribution is -2.59. The maximum Gasteiger partial charge on any atom is 0.256 e. The first-order valence-electron chi connectivity index (χ1n) is 7.94. The van der Waals surface area contributed by atoms with Crippen molar-refractivity contribution in [2.45, 2.75) is 38.3 Å². The van der Waals surface area contributed by atoms with E-state index in [9.17, 15) is 19.1 Å². The predicted molar refractivity (Wildman–Crippen MR) is 82.0 cm³/mol. The fourth-order valence-corrected chi connectivity index (χ4v) is 3.47. The fraction of sp³-hybridized carbons (Fsp3) is 0.529. The summed E-state index contributed by atoms with van der Waals surface area (Å²) in [4.78, 5) is 27.5. The van der Waals surface area contributed by atoms with Crippen LogP contribution in [0.3, 0.4) is 0 Å². The van der Waals surface area contributed by atoms with Gasteiger partial charge in [-0.15, -0.1) is 0 Å². The molecule has 1 aromatic rings. The van der Waals surface area contributed by atoms with Gasteiger partial charge in [0.1, 0.15) is 5.82 Å². The number of carbonyl (C=O) groups is 2. The summed E-state index contributed by atoms with van der Waals surface area (Å²) < 4.78 is 13.3. The third kappa shape index (κ3) is 3.08. The van der Waals surface area contributed by atoms with Crippen molar-refractivity contribution < 1.29 is 19.1 Å². The molecule has 2 aliphatic rings. The molecule has 0 aromatic heterocycles. The van der Waals surface area contributed by atoms with Crippen LogP contribution >= 0.6 is 0 Å². The van der Waals surface area contributed by atoms with Gasteiger partial charge in [0.05, 0.1) is 6.54 Å². The summed E-state index contributed by atoms with van der Waals surface area (Å²) in [5.41, 5.74) is 0.311. The number of piperidine rings is 1. The minimum Gasteiger partial charge on any atom is -0.378 e. The van der Waals surface area contributed by atoms with E-state index < -0.39 is 5.60 Å². The van der Waals surface area contributed by atoms with Gasteiger partial charge >= 0.3 is 0 Å². The highest BCUT2D eigenvalue weighted by atomic mass is 19.1. The molecule has 1 fully saturated rings. The zero-order valence-corrected chi connectivity index (χ0v) is 13.2. The molecule has 0 radical (unpaired) electrons. The molecule has 1 unspecified atom stereocenters. The van der Waals surface area contributed by atoms with Crippen LogP contribution in [0.2, 0.25) is 0 Å². The van der Waals surface area contributed by atoms with Crippen molar-refractivity contribution in [1.29, 1.82) is 0 Å². The molecule has 3 rings (SSSR count). The van der Waals surface area contributed by atoms with E-state index in [-0.39, 0.29) is 24.2 Å². The standard InChI is InChI=1S/C17H21FN2O3/c1-12(21)20-7-2-6-17(23,11-20)16(22)19-8-5-13-9-15(18)4-3-14(13)10-19/h3-4,9,23H,2,5-8,10-11H2,1H3. The average molecular weight is 320 g/mol. The molecule has 2 aliphatic heterocycles. The Kier molecular flexibility index (Phi) is 4.10. The van der Waals surface area contributed by atoms with Crippen molar-refractivity contribution in [3.63, 3.8) is 0 Å². The molecule has 23 heavy (non-hydrogen) atoms. The van der Waals surface area contributed by atoms with E-state index in [1.54, 1.807) is 11.0 Å². The number of likely N-dealkylation sites (tertiary alicyclic amines) is 1. The normalized spacial score (nSPS) is 24.3. The Morgan fingerprint density at radius 2 is 2.00 bits per heavy atom. The summed E-state index contributed by atoms with van der Waals surface area (Å²) in [7, 11) is 0. The van der Waals surface area contributed by atoms with Gasteiger partial charge in [0, 0.05) is 26.6 Å². The molecule has 1 N–H and O–H groups in total. The van der Waals surface area contributed by atoms with E-state index in [0.29, 0.717) is 38.9 Å². The van der Waals surface area contributed by atoms with Gasteiger partial charge in [-0.05, 0) is 42.5 Å². The lowest BCUT2D eigenvalue weighted by molar-refractivity contribution is -0.160. The molecule has 5 nitrogen and oxygen atoms in total. The molecule has 0 saturated carbocycles. The Hall–Kier alpha value is -1.95. The van der Waals surface area contributed by atoms with Crippen LogP contribution in [0.5, 0.6) is 0 Å². The van der Waals surface area contributed by atoms with Crippen LogP contribution in [0.25, 0.3) is 0 Å². The second kappa shape index (κ2) is 5.92. The van der Waals surface area contributed by atoms with Crippen LogP contribution in [0.4, 0.5) is 4.39 Å². The molecule has 0 bridgehead atoms. The molecule has 2 amide bonds. The highest BCUT2D eigenvalue weighted by Crippen LogP contribution is 2.27. The second-order valence-corrected chi connectivity index (χ2v) is 6.47. The number of carbonyl (C=O) groups excluding carboxylic acids is 2. The number of benzene rings is 1. The highest BCUT2D eigenvalue weighted by Gasteiger charge is 2.43. The smallest absolute Gasteiger partial charge is 0.256 e. The van der Waals surface area contributed by atoms with E-state index in [1.807, 2.05) is 0 Å². The Morgan fingerprint density at radius 1 is 1.22 bits per heavy atom. The molecule has 0 aliphatic carbocycles. The van der Waals surface area contributed by atoms with Crippen LogP contribution in [-0.2, 0) is 22.6 Å². The number of hydrogen-bond donors (Lipinski definition) is 1. The van der Waals surface area contributed by atoms with Gasteiger partial charge in [-0.1, -0.05) is 6.07 Å². The third-order valence-electron chi connectivity index (χ3n) is 4.78. The first-order chi connectivity index (χ1) is 10.9. The number of aliphatic hydroxyl groups is 1. The topological polar surface area (TPSA) is 60.9 Å². The lowest BCUT2D eigenvalue weighted by Gasteiger charge is -2.41. The SMILES string of the molecule is CC(=O)N1CCCC(O)(C(=O)N2CCc3cc(F)ccc3C2)C1. The summed E-state index contributed by atoms with van der Waals surface area (Å²) in [5, 5.41) is 10.8. The van der Waals surface area contributed by atoms with E-state index in [4.69, 9.17) is 0 Å². The number of halogens is 1. The quantitative estimate of drug-likeness (QED) is 0.842. The van der Waals surface area contributed by atoms with Gasteiger partial charge in [-0.3, -0.25) is 9.59 Å². The summed E-state index contributed by atoms with van der Waals surface area (Å²) in [5.74, 6) is -0.736. The summed E-state index contributed by atoms with van der Waals surface area (Å²) in [6, 6.07) is 4.58. The van der Waals surface area contributed by atoms with E-state index >= 15 is 0 Å². The van der Waals surface area contributed by atoms with Gasteiger partial charge in [0.15, 0.2) is 5.60 Å². The van der Waals surface area contributed by atoms with Gasteiger partial charge in [0.2, 0.25) is 5.91 Å². The monoisotopic (exact) mass is 320 g/mol. The molecule has 1 atom stereocenters. The minimum absolute atomic E-state index is 0.0495. The van der Waals surface area contributed by atoms with Crippen molar-refractivity contribution in [3.8, 4) is 0 Å². The summed E-state index contributed by atoms with van der Waals surface area (Å²) in [6.07, 6.45) is 1.55. The van der Waals surface area contributed by atoms with Crippen LogP contribution in [0.1, 0.15) is 30.9 Å². The number of amides is 2. The third-order valence-corrected chi connectivity index (χ3v) is 4.78. The first-order valence-corrected chi connectivity index (χ1v) is 7.94. The van der Waals surface area contributed by atoms with Crippen molar-refractivity contribution in [3.05, 3.63) is 35.1 Å². The van der Waals surface area contributed by atoms with E-state index in [0.717, 1.165) is 11.1 Å². The molecule has 124 valence electrons. The van der Waals surface area contributed by atoms with Gasteiger partial charge < -0.3 is 14.9 Å². The number of rotatable bonds is 1. The summed E-state index contributed by atoms with van der Waals surface area (Å²) in [6.45, 7) is 2.90. The molecule has 1 saturated heterocycles. The Morgan fingerprint density at radius 3 is 2.74 bits per heavy atom. The van der Waals surface area contributed by atoms with Crippen molar-refractivity contribution in [2.24, 2.45) is 0 Å². The van der Waals surface area contributed by atoms with Crippen LogP contribution in [0, 0.1) is 5.82 Å². The number of fused-ring (bicyclic) bond motifs is 1. The van der Waals surface area contributed by atoms with Gasteiger partial charge in [-0.2, -0.15) is 0 Å². The van der Waals surface area contributed by atoms with Crippen molar-refractivity contribution in [1.82, 2.24) is 9.80 Å². The summed E-state index contributed by atoms with van der Waals surface area (Å²) >= 11 is 0. The zero-order valence-electron chi connectivity index (χ0n) is 13.2. The molecule has 1 aromatic carbocycles. The maximum atomic E-state index is 13.3. The highest BCUT2D eigenvalue weighted by molar-refractivity contribution is 5.86. The Labute approximate surface area is 134 Å².